The van der Waals surface area contributed by atoms with Gasteiger partial charge >= 0.3 is 0 Å². The van der Waals surface area contributed by atoms with E-state index < -0.39 is 0 Å². The Morgan fingerprint density at radius 1 is 1.31 bits per heavy atom. The molecule has 0 fully saturated rings. The molecule has 0 heterocycles. The van der Waals surface area contributed by atoms with Gasteiger partial charge in [0.15, 0.2) is 0 Å². The third-order valence-electron chi connectivity index (χ3n) is 2.05. The van der Waals surface area contributed by atoms with Crippen LogP contribution in [0.3, 0.4) is 0 Å². The van der Waals surface area contributed by atoms with Crippen LogP contribution in [-0.2, 0) is 6.54 Å². The Morgan fingerprint density at radius 3 is 2.46 bits per heavy atom. The molecule has 0 aliphatic carbocycles. The van der Waals surface area contributed by atoms with Gasteiger partial charge in [0.1, 0.15) is 0 Å². The van der Waals surface area contributed by atoms with Crippen molar-refractivity contribution in [3.8, 4) is 0 Å². The van der Waals surface area contributed by atoms with Gasteiger partial charge < -0.3 is 5.32 Å². The average Bonchev–Trinajstić information content (AvgIpc) is 2.16. The Hall–Kier alpha value is -0.470. The lowest BCUT2D eigenvalue weighted by molar-refractivity contribution is 0.597. The maximum absolute atomic E-state index is 4.22. The molecule has 0 amide bonds. The fraction of sp³-hybridized carbons (Fsp3) is 0.455. The van der Waals surface area contributed by atoms with Crippen molar-refractivity contribution >= 4 is 12.6 Å². The second-order valence-electron chi connectivity index (χ2n) is 3.45. The zero-order valence-corrected chi connectivity index (χ0v) is 9.14. The molecule has 72 valence electrons. The van der Waals surface area contributed by atoms with E-state index in [-0.39, 0.29) is 0 Å². The van der Waals surface area contributed by atoms with Gasteiger partial charge in [0.05, 0.1) is 0 Å². The predicted molar refractivity (Wildman–Crippen MR) is 61.3 cm³/mol. The lowest BCUT2D eigenvalue weighted by Gasteiger charge is -2.10. The van der Waals surface area contributed by atoms with Gasteiger partial charge in [0.2, 0.25) is 0 Å². The van der Waals surface area contributed by atoms with Crippen molar-refractivity contribution in [2.45, 2.75) is 26.4 Å². The minimum absolute atomic E-state index is 0.477. The Morgan fingerprint density at radius 2 is 1.92 bits per heavy atom. The van der Waals surface area contributed by atoms with Crippen LogP contribution in [0.2, 0.25) is 0 Å². The predicted octanol–water partition coefficient (Wildman–Crippen LogP) is 2.40. The zero-order chi connectivity index (χ0) is 9.68. The second-order valence-corrected chi connectivity index (χ2v) is 3.82. The van der Waals surface area contributed by atoms with Gasteiger partial charge in [-0.3, -0.25) is 0 Å². The largest absolute Gasteiger partial charge is 0.309 e. The standard InChI is InChI=1S/C11H17NS/c1-9-3-5-11(6-4-9)7-12-10(2)8-13/h3-6,10,12-13H,7-8H2,1-2H3. The molecule has 0 aliphatic rings. The summed E-state index contributed by atoms with van der Waals surface area (Å²) in [6.45, 7) is 5.18. The lowest BCUT2D eigenvalue weighted by Crippen LogP contribution is -2.26. The monoisotopic (exact) mass is 195 g/mol. The molecule has 0 spiro atoms. The van der Waals surface area contributed by atoms with Crippen LogP contribution in [0.25, 0.3) is 0 Å². The molecule has 0 bridgehead atoms. The number of thiol groups is 1. The average molecular weight is 195 g/mol. The molecule has 0 saturated carbocycles. The van der Waals surface area contributed by atoms with E-state index >= 15 is 0 Å². The summed E-state index contributed by atoms with van der Waals surface area (Å²) in [7, 11) is 0. The van der Waals surface area contributed by atoms with E-state index in [2.05, 4.69) is 56.1 Å². The normalized spacial score (nSPS) is 12.8. The molecule has 1 aromatic carbocycles. The SMILES string of the molecule is Cc1ccc(CNC(C)CS)cc1. The molecule has 1 atom stereocenters. The van der Waals surface area contributed by atoms with Crippen LogP contribution in [0, 0.1) is 6.92 Å². The van der Waals surface area contributed by atoms with Crippen LogP contribution in [-0.4, -0.2) is 11.8 Å². The maximum atomic E-state index is 4.22. The second kappa shape index (κ2) is 5.30. The number of hydrogen-bond acceptors (Lipinski definition) is 2. The molecule has 1 aromatic rings. The van der Waals surface area contributed by atoms with E-state index in [1.165, 1.54) is 11.1 Å². The molecule has 0 saturated heterocycles. The fourth-order valence-corrected chi connectivity index (χ4v) is 1.19. The van der Waals surface area contributed by atoms with E-state index in [0.717, 1.165) is 12.3 Å². The summed E-state index contributed by atoms with van der Waals surface area (Å²) in [5.41, 5.74) is 2.64. The first kappa shape index (κ1) is 10.6. The van der Waals surface area contributed by atoms with Crippen LogP contribution in [0.1, 0.15) is 18.1 Å². The highest BCUT2D eigenvalue weighted by atomic mass is 32.1. The third kappa shape index (κ3) is 3.83. The Labute approximate surface area is 86.0 Å². The topological polar surface area (TPSA) is 12.0 Å². The summed E-state index contributed by atoms with van der Waals surface area (Å²) in [5, 5.41) is 3.39. The highest BCUT2D eigenvalue weighted by molar-refractivity contribution is 7.80. The highest BCUT2D eigenvalue weighted by Gasteiger charge is 1.97. The smallest absolute Gasteiger partial charge is 0.0208 e. The summed E-state index contributed by atoms with van der Waals surface area (Å²) in [5.74, 6) is 0.881. The highest BCUT2D eigenvalue weighted by Crippen LogP contribution is 2.02. The van der Waals surface area contributed by atoms with Crippen molar-refractivity contribution in [1.82, 2.24) is 5.32 Å². The molecule has 1 unspecified atom stereocenters. The minimum atomic E-state index is 0.477. The molecule has 1 N–H and O–H groups in total. The van der Waals surface area contributed by atoms with E-state index in [0.29, 0.717) is 6.04 Å². The van der Waals surface area contributed by atoms with Crippen LogP contribution in [0.15, 0.2) is 24.3 Å². The van der Waals surface area contributed by atoms with Crippen LogP contribution in [0.4, 0.5) is 0 Å². The van der Waals surface area contributed by atoms with Gasteiger partial charge in [-0.15, -0.1) is 0 Å². The van der Waals surface area contributed by atoms with Crippen molar-refractivity contribution in [2.75, 3.05) is 5.75 Å². The van der Waals surface area contributed by atoms with E-state index in [1.807, 2.05) is 0 Å². The van der Waals surface area contributed by atoms with Crippen LogP contribution < -0.4 is 5.32 Å². The number of rotatable bonds is 4. The first-order valence-corrected chi connectivity index (χ1v) is 5.25. The summed E-state index contributed by atoms with van der Waals surface area (Å²) >= 11 is 4.22. The van der Waals surface area contributed by atoms with Gasteiger partial charge in [-0.05, 0) is 19.4 Å². The first-order valence-electron chi connectivity index (χ1n) is 4.62. The van der Waals surface area contributed by atoms with Gasteiger partial charge in [0, 0.05) is 18.3 Å². The Kier molecular flexibility index (Phi) is 4.33. The van der Waals surface area contributed by atoms with Crippen LogP contribution in [0.5, 0.6) is 0 Å². The van der Waals surface area contributed by atoms with E-state index in [9.17, 15) is 0 Å². The zero-order valence-electron chi connectivity index (χ0n) is 8.25. The summed E-state index contributed by atoms with van der Waals surface area (Å²) < 4.78 is 0. The number of benzene rings is 1. The number of nitrogens with one attached hydrogen (secondary N) is 1. The number of hydrogen-bond donors (Lipinski definition) is 2. The van der Waals surface area contributed by atoms with Crippen molar-refractivity contribution in [3.63, 3.8) is 0 Å². The Bertz CT molecular complexity index is 243. The van der Waals surface area contributed by atoms with Crippen molar-refractivity contribution < 1.29 is 0 Å². The van der Waals surface area contributed by atoms with Gasteiger partial charge in [-0.2, -0.15) is 12.6 Å². The van der Waals surface area contributed by atoms with Crippen LogP contribution >= 0.6 is 12.6 Å². The summed E-state index contributed by atoms with van der Waals surface area (Å²) in [6, 6.07) is 9.08. The molecule has 0 aromatic heterocycles. The lowest BCUT2D eigenvalue weighted by atomic mass is 10.1. The third-order valence-corrected chi connectivity index (χ3v) is 2.60. The van der Waals surface area contributed by atoms with E-state index in [4.69, 9.17) is 0 Å². The minimum Gasteiger partial charge on any atom is -0.309 e. The van der Waals surface area contributed by atoms with Gasteiger partial charge in [-0.1, -0.05) is 29.8 Å². The molecule has 1 nitrogen and oxygen atoms in total. The molecule has 2 heteroatoms. The molecule has 0 aliphatic heterocycles. The first-order chi connectivity index (χ1) is 6.22. The quantitative estimate of drug-likeness (QED) is 0.703. The summed E-state index contributed by atoms with van der Waals surface area (Å²) in [6.07, 6.45) is 0. The van der Waals surface area contributed by atoms with Crippen molar-refractivity contribution in [3.05, 3.63) is 35.4 Å². The molecular weight excluding hydrogens is 178 g/mol. The molecule has 13 heavy (non-hydrogen) atoms. The van der Waals surface area contributed by atoms with Gasteiger partial charge in [0.25, 0.3) is 0 Å². The molecular formula is C11H17NS. The fourth-order valence-electron chi connectivity index (χ4n) is 1.06. The van der Waals surface area contributed by atoms with Crippen molar-refractivity contribution in [2.24, 2.45) is 0 Å². The van der Waals surface area contributed by atoms with Gasteiger partial charge in [-0.25, -0.2) is 0 Å². The maximum Gasteiger partial charge on any atom is 0.0208 e. The molecule has 1 rings (SSSR count). The molecule has 0 radical (unpaired) electrons. The summed E-state index contributed by atoms with van der Waals surface area (Å²) in [4.78, 5) is 0. The Balaban J connectivity index is 2.41. The number of aryl methyl sites for hydroxylation is 1. The van der Waals surface area contributed by atoms with E-state index in [1.54, 1.807) is 0 Å². The van der Waals surface area contributed by atoms with Crippen molar-refractivity contribution in [1.29, 1.82) is 0 Å².